The van der Waals surface area contributed by atoms with Crippen molar-refractivity contribution in [1.82, 2.24) is 10.6 Å². The Morgan fingerprint density at radius 3 is 2.50 bits per heavy atom. The molecule has 7 heteroatoms. The van der Waals surface area contributed by atoms with E-state index in [1.807, 2.05) is 6.07 Å². The number of ether oxygens (including phenoxy) is 1. The van der Waals surface area contributed by atoms with Gasteiger partial charge in [-0.3, -0.25) is 9.59 Å². The van der Waals surface area contributed by atoms with E-state index in [9.17, 15) is 14.7 Å². The third kappa shape index (κ3) is 2.89. The zero-order valence-corrected chi connectivity index (χ0v) is 14.3. The van der Waals surface area contributed by atoms with Crippen LogP contribution in [-0.2, 0) is 4.74 Å². The van der Waals surface area contributed by atoms with E-state index < -0.39 is 12.0 Å². The van der Waals surface area contributed by atoms with Crippen LogP contribution in [0.25, 0.3) is 0 Å². The SMILES string of the molecule is CNC(=O)c1cc(C(=O)N[C@H]2[C@@H]3COC[C@@H]32)c(C(O)c2ccccc2)o1. The molecule has 4 rings (SSSR count). The van der Waals surface area contributed by atoms with Crippen molar-refractivity contribution in [2.75, 3.05) is 20.3 Å². The second-order valence-corrected chi connectivity index (χ2v) is 6.65. The summed E-state index contributed by atoms with van der Waals surface area (Å²) in [6.45, 7) is 1.31. The molecule has 1 saturated heterocycles. The van der Waals surface area contributed by atoms with Crippen LogP contribution in [0.5, 0.6) is 0 Å². The maximum Gasteiger partial charge on any atom is 0.286 e. The lowest BCUT2D eigenvalue weighted by molar-refractivity contribution is 0.0907. The van der Waals surface area contributed by atoms with Gasteiger partial charge in [-0.2, -0.15) is 0 Å². The summed E-state index contributed by atoms with van der Waals surface area (Å²) < 4.78 is 10.9. The van der Waals surface area contributed by atoms with Crippen LogP contribution < -0.4 is 10.6 Å². The van der Waals surface area contributed by atoms with Crippen LogP contribution in [-0.4, -0.2) is 43.2 Å². The zero-order chi connectivity index (χ0) is 18.3. The predicted octanol–water partition coefficient (Wildman–Crippen LogP) is 1.10. The summed E-state index contributed by atoms with van der Waals surface area (Å²) in [6.07, 6.45) is -1.14. The third-order valence-electron chi connectivity index (χ3n) is 5.07. The number of fused-ring (bicyclic) bond motifs is 1. The van der Waals surface area contributed by atoms with Crippen LogP contribution in [0.4, 0.5) is 0 Å². The Morgan fingerprint density at radius 2 is 1.85 bits per heavy atom. The molecule has 2 aliphatic rings. The molecule has 136 valence electrons. The summed E-state index contributed by atoms with van der Waals surface area (Å²) in [7, 11) is 1.48. The molecule has 1 unspecified atom stereocenters. The van der Waals surface area contributed by atoms with Crippen LogP contribution in [0.1, 0.15) is 38.3 Å². The maximum atomic E-state index is 12.8. The van der Waals surface area contributed by atoms with E-state index in [4.69, 9.17) is 9.15 Å². The highest BCUT2D eigenvalue weighted by Crippen LogP contribution is 2.44. The minimum Gasteiger partial charge on any atom is -0.452 e. The lowest BCUT2D eigenvalue weighted by atomic mass is 10.0. The normalized spacial score (nSPS) is 24.6. The number of rotatable bonds is 5. The Balaban J connectivity index is 1.62. The van der Waals surface area contributed by atoms with Crippen molar-refractivity contribution in [2.24, 2.45) is 11.8 Å². The van der Waals surface area contributed by atoms with Gasteiger partial charge in [0.25, 0.3) is 11.8 Å². The lowest BCUT2D eigenvalue weighted by Crippen LogP contribution is -2.30. The Kier molecular flexibility index (Phi) is 4.26. The van der Waals surface area contributed by atoms with Crippen molar-refractivity contribution in [3.8, 4) is 0 Å². The standard InChI is InChI=1S/C19H20N2O5/c1-20-19(24)14-7-11(18(23)21-15-12-8-25-9-13(12)15)17(26-14)16(22)10-5-3-2-4-6-10/h2-7,12-13,15-16,22H,8-9H2,1H3,(H,20,24)(H,21,23)/t12-,13+,15+,16?. The van der Waals surface area contributed by atoms with Gasteiger partial charge in [-0.05, 0) is 5.56 Å². The molecule has 3 N–H and O–H groups in total. The van der Waals surface area contributed by atoms with Crippen molar-refractivity contribution in [3.05, 3.63) is 59.0 Å². The number of hydrogen-bond donors (Lipinski definition) is 3. The van der Waals surface area contributed by atoms with Gasteiger partial charge >= 0.3 is 0 Å². The van der Waals surface area contributed by atoms with Crippen LogP contribution in [0.15, 0.2) is 40.8 Å². The van der Waals surface area contributed by atoms with Crippen LogP contribution in [0.3, 0.4) is 0 Å². The van der Waals surface area contributed by atoms with Gasteiger partial charge in [0.1, 0.15) is 6.10 Å². The topological polar surface area (TPSA) is 101 Å². The van der Waals surface area contributed by atoms with E-state index in [1.54, 1.807) is 24.3 Å². The number of aliphatic hydroxyl groups is 1. The number of furan rings is 1. The van der Waals surface area contributed by atoms with E-state index in [2.05, 4.69) is 10.6 Å². The molecule has 26 heavy (non-hydrogen) atoms. The molecule has 0 spiro atoms. The van der Waals surface area contributed by atoms with E-state index in [0.29, 0.717) is 30.6 Å². The number of amides is 2. The molecule has 2 amide bonds. The molecule has 0 bridgehead atoms. The number of carbonyl (C=O) groups excluding carboxylic acids is 2. The zero-order valence-electron chi connectivity index (χ0n) is 14.3. The van der Waals surface area contributed by atoms with Crippen LogP contribution in [0.2, 0.25) is 0 Å². The summed E-state index contributed by atoms with van der Waals surface area (Å²) in [5.41, 5.74) is 0.752. The highest BCUT2D eigenvalue weighted by Gasteiger charge is 2.55. The van der Waals surface area contributed by atoms with Gasteiger partial charge in [-0.25, -0.2) is 0 Å². The first kappa shape index (κ1) is 16.8. The summed E-state index contributed by atoms with van der Waals surface area (Å²) in [4.78, 5) is 24.7. The van der Waals surface area contributed by atoms with Crippen molar-refractivity contribution < 1.29 is 23.8 Å². The van der Waals surface area contributed by atoms with Crippen molar-refractivity contribution in [3.63, 3.8) is 0 Å². The number of aliphatic hydroxyl groups excluding tert-OH is 1. The van der Waals surface area contributed by atoms with E-state index in [1.165, 1.54) is 13.1 Å². The first-order chi connectivity index (χ1) is 12.6. The summed E-state index contributed by atoms with van der Waals surface area (Å²) in [6, 6.07) is 10.3. The molecule has 1 aliphatic heterocycles. The number of hydrogen-bond acceptors (Lipinski definition) is 5. The molecule has 1 saturated carbocycles. The van der Waals surface area contributed by atoms with Crippen LogP contribution >= 0.6 is 0 Å². The largest absolute Gasteiger partial charge is 0.452 e. The number of benzene rings is 1. The van der Waals surface area contributed by atoms with Gasteiger partial charge in [0.15, 0.2) is 11.5 Å². The van der Waals surface area contributed by atoms with Gasteiger partial charge in [0.2, 0.25) is 0 Å². The molecular weight excluding hydrogens is 336 g/mol. The van der Waals surface area contributed by atoms with Gasteiger partial charge in [0, 0.05) is 31.0 Å². The molecule has 1 aromatic heterocycles. The van der Waals surface area contributed by atoms with Crippen molar-refractivity contribution >= 4 is 11.8 Å². The highest BCUT2D eigenvalue weighted by molar-refractivity contribution is 5.99. The molecule has 2 fully saturated rings. The fourth-order valence-electron chi connectivity index (χ4n) is 3.49. The average Bonchev–Trinajstić information content (AvgIpc) is 3.07. The molecule has 4 atom stereocenters. The Morgan fingerprint density at radius 1 is 1.15 bits per heavy atom. The number of nitrogens with one attached hydrogen (secondary N) is 2. The second kappa shape index (κ2) is 6.59. The maximum absolute atomic E-state index is 12.8. The summed E-state index contributed by atoms with van der Waals surface area (Å²) in [5, 5.41) is 16.1. The molecule has 7 nitrogen and oxygen atoms in total. The lowest BCUT2D eigenvalue weighted by Gasteiger charge is -2.11. The first-order valence-corrected chi connectivity index (χ1v) is 8.57. The monoisotopic (exact) mass is 356 g/mol. The molecule has 1 aliphatic carbocycles. The quantitative estimate of drug-likeness (QED) is 0.745. The fraction of sp³-hybridized carbons (Fsp3) is 0.368. The smallest absolute Gasteiger partial charge is 0.286 e. The summed E-state index contributed by atoms with van der Waals surface area (Å²) >= 11 is 0. The molecule has 1 aromatic carbocycles. The number of carbonyl (C=O) groups is 2. The second-order valence-electron chi connectivity index (χ2n) is 6.65. The van der Waals surface area contributed by atoms with E-state index in [-0.39, 0.29) is 29.0 Å². The Labute approximate surface area is 150 Å². The van der Waals surface area contributed by atoms with E-state index in [0.717, 1.165) is 0 Å². The highest BCUT2D eigenvalue weighted by atomic mass is 16.5. The molecule has 2 aromatic rings. The predicted molar refractivity (Wildman–Crippen MR) is 91.7 cm³/mol. The van der Waals surface area contributed by atoms with E-state index >= 15 is 0 Å². The van der Waals surface area contributed by atoms with Gasteiger partial charge in [-0.15, -0.1) is 0 Å². The molecule has 2 heterocycles. The summed E-state index contributed by atoms with van der Waals surface area (Å²) in [5.74, 6) is -0.0506. The van der Waals surface area contributed by atoms with Crippen molar-refractivity contribution in [1.29, 1.82) is 0 Å². The van der Waals surface area contributed by atoms with Crippen molar-refractivity contribution in [2.45, 2.75) is 12.1 Å². The first-order valence-electron chi connectivity index (χ1n) is 8.57. The fourth-order valence-corrected chi connectivity index (χ4v) is 3.49. The minimum atomic E-state index is -1.14. The van der Waals surface area contributed by atoms with Gasteiger partial charge < -0.3 is 24.9 Å². The molecule has 0 radical (unpaired) electrons. The minimum absolute atomic E-state index is 0.0121. The Bertz CT molecular complexity index is 822. The van der Waals surface area contributed by atoms with Gasteiger partial charge in [0.05, 0.1) is 18.8 Å². The van der Waals surface area contributed by atoms with Crippen LogP contribution in [0, 0.1) is 11.8 Å². The third-order valence-corrected chi connectivity index (χ3v) is 5.07. The van der Waals surface area contributed by atoms with Gasteiger partial charge in [-0.1, -0.05) is 30.3 Å². The Hall–Kier alpha value is -2.64. The molecular formula is C19H20N2O5. The average molecular weight is 356 g/mol.